The van der Waals surface area contributed by atoms with Gasteiger partial charge in [0, 0.05) is 24.8 Å². The number of imidazole rings is 1. The van der Waals surface area contributed by atoms with E-state index in [2.05, 4.69) is 46.1 Å². The van der Waals surface area contributed by atoms with Gasteiger partial charge in [0.05, 0.1) is 17.6 Å². The second-order valence-electron chi connectivity index (χ2n) is 8.55. The molecule has 3 heterocycles. The zero-order chi connectivity index (χ0) is 22.8. The first-order chi connectivity index (χ1) is 16.1. The van der Waals surface area contributed by atoms with Crippen molar-refractivity contribution >= 4 is 22.8 Å². The van der Waals surface area contributed by atoms with Crippen molar-refractivity contribution in [2.24, 2.45) is 5.92 Å². The SMILES string of the molecule is Cc1ccc2[nH]c(-c3ccc(N4CCC(COc5ccccc5C(=O)O)CC4)nc3)nc2c1. The molecule has 168 valence electrons. The first kappa shape index (κ1) is 21.0. The van der Waals surface area contributed by atoms with Gasteiger partial charge in [-0.25, -0.2) is 14.8 Å². The van der Waals surface area contributed by atoms with Gasteiger partial charge in [-0.1, -0.05) is 18.2 Å². The molecule has 1 aliphatic rings. The molecule has 2 aromatic heterocycles. The van der Waals surface area contributed by atoms with Crippen molar-refractivity contribution in [2.75, 3.05) is 24.6 Å². The fraction of sp³-hybridized carbons (Fsp3) is 0.269. The largest absolute Gasteiger partial charge is 0.492 e. The number of aryl methyl sites for hydroxylation is 1. The summed E-state index contributed by atoms with van der Waals surface area (Å²) in [5.74, 6) is 1.65. The van der Waals surface area contributed by atoms with Crippen LogP contribution in [0, 0.1) is 12.8 Å². The average Bonchev–Trinajstić information content (AvgIpc) is 3.26. The summed E-state index contributed by atoms with van der Waals surface area (Å²) in [5, 5.41) is 9.30. The van der Waals surface area contributed by atoms with Gasteiger partial charge in [0.1, 0.15) is 23.0 Å². The molecule has 1 fully saturated rings. The Bertz CT molecular complexity index is 1270. The summed E-state index contributed by atoms with van der Waals surface area (Å²) in [4.78, 5) is 26.4. The van der Waals surface area contributed by atoms with Crippen molar-refractivity contribution in [1.82, 2.24) is 15.0 Å². The van der Waals surface area contributed by atoms with Crippen molar-refractivity contribution in [2.45, 2.75) is 19.8 Å². The second-order valence-corrected chi connectivity index (χ2v) is 8.55. The molecular formula is C26H26N4O3. The average molecular weight is 443 g/mol. The molecule has 0 unspecified atom stereocenters. The predicted molar refractivity (Wildman–Crippen MR) is 128 cm³/mol. The molecule has 2 aromatic carbocycles. The quantitative estimate of drug-likeness (QED) is 0.440. The molecule has 7 heteroatoms. The van der Waals surface area contributed by atoms with E-state index in [0.717, 1.165) is 54.2 Å². The van der Waals surface area contributed by atoms with Crippen LogP contribution in [-0.4, -0.2) is 45.7 Å². The molecule has 0 spiro atoms. The van der Waals surface area contributed by atoms with Crippen molar-refractivity contribution < 1.29 is 14.6 Å². The number of nitrogens with zero attached hydrogens (tertiary/aromatic N) is 3. The van der Waals surface area contributed by atoms with Gasteiger partial charge in [0.2, 0.25) is 0 Å². The standard InChI is InChI=1S/C26H26N4O3/c1-17-6-8-21-22(14-17)29-25(28-21)19-7-9-24(27-15-19)30-12-10-18(11-13-30)16-33-23-5-3-2-4-20(23)26(31)32/h2-9,14-15,18H,10-13,16H2,1H3,(H,28,29)(H,31,32). The first-order valence-electron chi connectivity index (χ1n) is 11.2. The lowest BCUT2D eigenvalue weighted by Crippen LogP contribution is -2.36. The highest BCUT2D eigenvalue weighted by Gasteiger charge is 2.22. The van der Waals surface area contributed by atoms with Gasteiger partial charge in [-0.3, -0.25) is 0 Å². The maximum atomic E-state index is 11.3. The fourth-order valence-corrected chi connectivity index (χ4v) is 4.27. The van der Waals surface area contributed by atoms with Crippen molar-refractivity contribution in [3.8, 4) is 17.1 Å². The first-order valence-corrected chi connectivity index (χ1v) is 11.2. The number of hydrogen-bond acceptors (Lipinski definition) is 5. The number of benzene rings is 2. The van der Waals surface area contributed by atoms with Crippen LogP contribution in [0.15, 0.2) is 60.8 Å². The lowest BCUT2D eigenvalue weighted by Gasteiger charge is -2.32. The summed E-state index contributed by atoms with van der Waals surface area (Å²) < 4.78 is 5.85. The molecule has 0 amide bonds. The minimum Gasteiger partial charge on any atom is -0.492 e. The number of carbonyl (C=O) groups is 1. The molecule has 2 N–H and O–H groups in total. The Morgan fingerprint density at radius 2 is 1.97 bits per heavy atom. The van der Waals surface area contributed by atoms with Gasteiger partial charge in [0.15, 0.2) is 0 Å². The maximum Gasteiger partial charge on any atom is 0.339 e. The number of aromatic carboxylic acids is 1. The summed E-state index contributed by atoms with van der Waals surface area (Å²) in [5.41, 5.74) is 4.35. The number of aromatic amines is 1. The van der Waals surface area contributed by atoms with Crippen molar-refractivity contribution in [1.29, 1.82) is 0 Å². The van der Waals surface area contributed by atoms with Crippen LogP contribution in [0.3, 0.4) is 0 Å². The van der Waals surface area contributed by atoms with Crippen LogP contribution in [0.5, 0.6) is 5.75 Å². The number of hydrogen-bond donors (Lipinski definition) is 2. The molecule has 0 radical (unpaired) electrons. The Hall–Kier alpha value is -3.87. The number of carboxylic acids is 1. The van der Waals surface area contributed by atoms with Gasteiger partial charge >= 0.3 is 5.97 Å². The van der Waals surface area contributed by atoms with E-state index >= 15 is 0 Å². The van der Waals surface area contributed by atoms with Gasteiger partial charge in [0.25, 0.3) is 0 Å². The van der Waals surface area contributed by atoms with Crippen LogP contribution in [0.25, 0.3) is 22.4 Å². The third-order valence-corrected chi connectivity index (χ3v) is 6.19. The molecule has 1 saturated heterocycles. The number of ether oxygens (including phenoxy) is 1. The lowest BCUT2D eigenvalue weighted by molar-refractivity contribution is 0.0691. The third kappa shape index (κ3) is 4.53. The van der Waals surface area contributed by atoms with E-state index in [0.29, 0.717) is 18.3 Å². The van der Waals surface area contributed by atoms with E-state index < -0.39 is 5.97 Å². The molecule has 1 aliphatic heterocycles. The highest BCUT2D eigenvalue weighted by molar-refractivity contribution is 5.90. The number of piperidine rings is 1. The summed E-state index contributed by atoms with van der Waals surface area (Å²) in [6, 6.07) is 17.1. The highest BCUT2D eigenvalue weighted by atomic mass is 16.5. The lowest BCUT2D eigenvalue weighted by atomic mass is 9.97. The molecule has 0 atom stereocenters. The number of fused-ring (bicyclic) bond motifs is 1. The Balaban J connectivity index is 1.18. The number of para-hydroxylation sites is 1. The molecule has 7 nitrogen and oxygen atoms in total. The third-order valence-electron chi connectivity index (χ3n) is 6.19. The zero-order valence-corrected chi connectivity index (χ0v) is 18.5. The van der Waals surface area contributed by atoms with Gasteiger partial charge in [-0.15, -0.1) is 0 Å². The van der Waals surface area contributed by atoms with E-state index in [-0.39, 0.29) is 5.56 Å². The topological polar surface area (TPSA) is 91.3 Å². The van der Waals surface area contributed by atoms with Crippen LogP contribution >= 0.6 is 0 Å². The molecule has 0 aliphatic carbocycles. The van der Waals surface area contributed by atoms with Crippen LogP contribution in [0.2, 0.25) is 0 Å². The number of rotatable bonds is 6. The van der Waals surface area contributed by atoms with E-state index in [4.69, 9.17) is 9.72 Å². The van der Waals surface area contributed by atoms with E-state index in [1.165, 1.54) is 5.56 Å². The summed E-state index contributed by atoms with van der Waals surface area (Å²) in [7, 11) is 0. The number of carboxylic acid groups (broad SMARTS) is 1. The minimum atomic E-state index is -0.965. The Morgan fingerprint density at radius 3 is 2.73 bits per heavy atom. The van der Waals surface area contributed by atoms with Gasteiger partial charge in [-0.05, 0) is 67.6 Å². The molecule has 33 heavy (non-hydrogen) atoms. The Labute approximate surface area is 192 Å². The van der Waals surface area contributed by atoms with Crippen LogP contribution in [0.4, 0.5) is 5.82 Å². The van der Waals surface area contributed by atoms with Gasteiger partial charge < -0.3 is 19.7 Å². The molecule has 4 aromatic rings. The number of aromatic nitrogens is 3. The zero-order valence-electron chi connectivity index (χ0n) is 18.5. The highest BCUT2D eigenvalue weighted by Crippen LogP contribution is 2.26. The maximum absolute atomic E-state index is 11.3. The molecule has 0 saturated carbocycles. The van der Waals surface area contributed by atoms with Crippen molar-refractivity contribution in [3.05, 3.63) is 71.9 Å². The monoisotopic (exact) mass is 442 g/mol. The minimum absolute atomic E-state index is 0.207. The van der Waals surface area contributed by atoms with Crippen LogP contribution in [0.1, 0.15) is 28.8 Å². The summed E-state index contributed by atoms with van der Waals surface area (Å²) in [6.45, 7) is 4.38. The molecule has 5 rings (SSSR count). The molecular weight excluding hydrogens is 416 g/mol. The second kappa shape index (κ2) is 8.94. The predicted octanol–water partition coefficient (Wildman–Crippen LogP) is 4.93. The summed E-state index contributed by atoms with van der Waals surface area (Å²) in [6.07, 6.45) is 3.82. The van der Waals surface area contributed by atoms with E-state index in [1.54, 1.807) is 24.3 Å². The van der Waals surface area contributed by atoms with Crippen LogP contribution < -0.4 is 9.64 Å². The fourth-order valence-electron chi connectivity index (χ4n) is 4.27. The molecule has 0 bridgehead atoms. The number of pyridine rings is 1. The smallest absolute Gasteiger partial charge is 0.339 e. The number of anilines is 1. The van der Waals surface area contributed by atoms with Crippen molar-refractivity contribution in [3.63, 3.8) is 0 Å². The van der Waals surface area contributed by atoms with Gasteiger partial charge in [-0.2, -0.15) is 0 Å². The normalized spacial score (nSPS) is 14.5. The number of H-pyrrole nitrogens is 1. The van der Waals surface area contributed by atoms with E-state index in [9.17, 15) is 9.90 Å². The summed E-state index contributed by atoms with van der Waals surface area (Å²) >= 11 is 0. The Kier molecular flexibility index (Phi) is 5.69. The Morgan fingerprint density at radius 1 is 1.15 bits per heavy atom. The van der Waals surface area contributed by atoms with Crippen LogP contribution in [-0.2, 0) is 0 Å². The van der Waals surface area contributed by atoms with E-state index in [1.807, 2.05) is 12.3 Å². The number of nitrogens with one attached hydrogen (secondary N) is 1.